The normalized spacial score (nSPS) is 13.4. The van der Waals surface area contributed by atoms with Gasteiger partial charge in [0.2, 0.25) is 0 Å². The van der Waals surface area contributed by atoms with E-state index in [0.29, 0.717) is 12.2 Å². The van der Waals surface area contributed by atoms with E-state index in [0.717, 1.165) is 16.7 Å². The van der Waals surface area contributed by atoms with Crippen LogP contribution in [0.3, 0.4) is 0 Å². The number of aryl methyl sites for hydroxylation is 1. The van der Waals surface area contributed by atoms with Gasteiger partial charge in [0.15, 0.2) is 0 Å². The van der Waals surface area contributed by atoms with E-state index < -0.39 is 11.9 Å². The Bertz CT molecular complexity index is 456. The van der Waals surface area contributed by atoms with E-state index in [2.05, 4.69) is 0 Å². The van der Waals surface area contributed by atoms with Crippen molar-refractivity contribution < 1.29 is 15.0 Å². The molecule has 1 aromatic carbocycles. The van der Waals surface area contributed by atoms with Crippen molar-refractivity contribution in [1.29, 1.82) is 0 Å². The van der Waals surface area contributed by atoms with Crippen LogP contribution in [0, 0.1) is 12.8 Å². The molecule has 0 saturated carbocycles. The van der Waals surface area contributed by atoms with Gasteiger partial charge in [0, 0.05) is 0 Å². The van der Waals surface area contributed by atoms with Crippen molar-refractivity contribution in [2.45, 2.75) is 46.5 Å². The van der Waals surface area contributed by atoms with Crippen LogP contribution < -0.4 is 0 Å². The number of hydrogen-bond donors (Lipinski definition) is 2. The molecule has 0 heterocycles. The fourth-order valence-corrected chi connectivity index (χ4v) is 1.98. The summed E-state index contributed by atoms with van der Waals surface area (Å²) < 4.78 is 0. The van der Waals surface area contributed by atoms with Gasteiger partial charge >= 0.3 is 5.97 Å². The molecule has 0 aliphatic heterocycles. The average Bonchev–Trinajstić information content (AvgIpc) is 2.21. The summed E-state index contributed by atoms with van der Waals surface area (Å²) in [4.78, 5) is 10.9. The highest BCUT2D eigenvalue weighted by molar-refractivity contribution is 5.70. The van der Waals surface area contributed by atoms with Crippen molar-refractivity contribution in [3.63, 3.8) is 0 Å². The second-order valence-electron chi connectivity index (χ2n) is 6.00. The molecule has 0 spiro atoms. The molecule has 0 aromatic heterocycles. The van der Waals surface area contributed by atoms with E-state index >= 15 is 0 Å². The Morgan fingerprint density at radius 2 is 1.89 bits per heavy atom. The Morgan fingerprint density at radius 3 is 2.33 bits per heavy atom. The highest BCUT2D eigenvalue weighted by Gasteiger charge is 2.21. The topological polar surface area (TPSA) is 57.5 Å². The molecule has 100 valence electrons. The Labute approximate surface area is 108 Å². The molecule has 18 heavy (non-hydrogen) atoms. The molecule has 0 aliphatic rings. The van der Waals surface area contributed by atoms with Crippen LogP contribution in [-0.4, -0.2) is 16.2 Å². The molecule has 1 unspecified atom stereocenters. The van der Waals surface area contributed by atoms with E-state index in [4.69, 9.17) is 5.11 Å². The standard InChI is InChI=1S/C15H22O3/c1-9-6-11(7-10(2)14(17)18)8-12(13(9)16)15(3,4)5/h6,8,10,16H,7H2,1-5H3,(H,17,18). The van der Waals surface area contributed by atoms with Crippen LogP contribution in [0.2, 0.25) is 0 Å². The molecule has 0 amide bonds. The first-order valence-electron chi connectivity index (χ1n) is 6.18. The van der Waals surface area contributed by atoms with Crippen LogP contribution >= 0.6 is 0 Å². The molecule has 0 saturated heterocycles. The van der Waals surface area contributed by atoms with Crippen molar-refractivity contribution in [1.82, 2.24) is 0 Å². The summed E-state index contributed by atoms with van der Waals surface area (Å²) >= 11 is 0. The van der Waals surface area contributed by atoms with Crippen LogP contribution in [0.25, 0.3) is 0 Å². The maximum absolute atomic E-state index is 10.9. The number of carbonyl (C=O) groups is 1. The fraction of sp³-hybridized carbons (Fsp3) is 0.533. The van der Waals surface area contributed by atoms with Gasteiger partial charge in [0.25, 0.3) is 0 Å². The molecule has 3 nitrogen and oxygen atoms in total. The summed E-state index contributed by atoms with van der Waals surface area (Å²) in [5.41, 5.74) is 2.48. The van der Waals surface area contributed by atoms with Gasteiger partial charge in [-0.05, 0) is 35.4 Å². The summed E-state index contributed by atoms with van der Waals surface area (Å²) in [6.45, 7) is 9.64. The fourth-order valence-electron chi connectivity index (χ4n) is 1.98. The largest absolute Gasteiger partial charge is 0.507 e. The maximum Gasteiger partial charge on any atom is 0.306 e. The zero-order chi connectivity index (χ0) is 14.1. The number of phenolic OH excluding ortho intramolecular Hbond substituents is 1. The lowest BCUT2D eigenvalue weighted by Crippen LogP contribution is -2.15. The zero-order valence-electron chi connectivity index (χ0n) is 11.7. The third-order valence-corrected chi connectivity index (χ3v) is 3.13. The molecular formula is C15H22O3. The van der Waals surface area contributed by atoms with Crippen molar-refractivity contribution in [2.75, 3.05) is 0 Å². The van der Waals surface area contributed by atoms with Gasteiger partial charge in [0.05, 0.1) is 5.92 Å². The van der Waals surface area contributed by atoms with E-state index in [9.17, 15) is 9.90 Å². The number of carboxylic acids is 1. The minimum Gasteiger partial charge on any atom is -0.507 e. The predicted molar refractivity (Wildman–Crippen MR) is 72.0 cm³/mol. The minimum atomic E-state index is -0.793. The quantitative estimate of drug-likeness (QED) is 0.865. The van der Waals surface area contributed by atoms with Gasteiger partial charge in [-0.1, -0.05) is 39.8 Å². The van der Waals surface area contributed by atoms with Gasteiger partial charge in [0.1, 0.15) is 5.75 Å². The zero-order valence-corrected chi connectivity index (χ0v) is 11.7. The van der Waals surface area contributed by atoms with Crippen LogP contribution in [0.5, 0.6) is 5.75 Å². The molecule has 3 heteroatoms. The monoisotopic (exact) mass is 250 g/mol. The number of aliphatic carboxylic acids is 1. The lowest BCUT2D eigenvalue weighted by molar-refractivity contribution is -0.141. The van der Waals surface area contributed by atoms with Crippen molar-refractivity contribution in [2.24, 2.45) is 5.92 Å². The third-order valence-electron chi connectivity index (χ3n) is 3.13. The van der Waals surface area contributed by atoms with Gasteiger partial charge < -0.3 is 10.2 Å². The lowest BCUT2D eigenvalue weighted by Gasteiger charge is -2.23. The van der Waals surface area contributed by atoms with Crippen molar-refractivity contribution in [3.05, 3.63) is 28.8 Å². The Kier molecular flexibility index (Phi) is 4.05. The summed E-state index contributed by atoms with van der Waals surface area (Å²) in [6, 6.07) is 3.78. The molecule has 0 fully saturated rings. The van der Waals surface area contributed by atoms with E-state index in [1.807, 2.05) is 39.8 Å². The number of hydrogen-bond acceptors (Lipinski definition) is 2. The van der Waals surface area contributed by atoms with Crippen molar-refractivity contribution in [3.8, 4) is 5.75 Å². The van der Waals surface area contributed by atoms with Crippen LogP contribution in [-0.2, 0) is 16.6 Å². The summed E-state index contributed by atoms with van der Waals surface area (Å²) in [5, 5.41) is 19.0. The summed E-state index contributed by atoms with van der Waals surface area (Å²) in [6.07, 6.45) is 0.486. The van der Waals surface area contributed by atoms with Gasteiger partial charge in [-0.3, -0.25) is 4.79 Å². The number of benzene rings is 1. The van der Waals surface area contributed by atoms with E-state index in [-0.39, 0.29) is 5.41 Å². The van der Waals surface area contributed by atoms with Gasteiger partial charge in [-0.2, -0.15) is 0 Å². The van der Waals surface area contributed by atoms with Crippen LogP contribution in [0.1, 0.15) is 44.4 Å². The smallest absolute Gasteiger partial charge is 0.306 e. The van der Waals surface area contributed by atoms with Crippen LogP contribution in [0.4, 0.5) is 0 Å². The molecule has 1 rings (SSSR count). The first-order valence-corrected chi connectivity index (χ1v) is 6.18. The predicted octanol–water partition coefficient (Wildman–Crippen LogP) is 3.26. The molecule has 0 aliphatic carbocycles. The van der Waals surface area contributed by atoms with Gasteiger partial charge in [-0.25, -0.2) is 0 Å². The Morgan fingerprint density at radius 1 is 1.33 bits per heavy atom. The average molecular weight is 250 g/mol. The van der Waals surface area contributed by atoms with E-state index in [1.165, 1.54) is 0 Å². The SMILES string of the molecule is Cc1cc(CC(C)C(=O)O)cc(C(C)(C)C)c1O. The van der Waals surface area contributed by atoms with E-state index in [1.54, 1.807) is 6.92 Å². The Balaban J connectivity index is 3.17. The first kappa shape index (κ1) is 14.6. The second kappa shape index (κ2) is 5.01. The van der Waals surface area contributed by atoms with Gasteiger partial charge in [-0.15, -0.1) is 0 Å². The molecule has 1 atom stereocenters. The molecule has 1 aromatic rings. The summed E-state index contributed by atoms with van der Waals surface area (Å²) in [5.74, 6) is -0.894. The Hall–Kier alpha value is -1.51. The maximum atomic E-state index is 10.9. The first-order chi connectivity index (χ1) is 8.12. The molecule has 0 bridgehead atoms. The lowest BCUT2D eigenvalue weighted by atomic mass is 9.83. The summed E-state index contributed by atoms with van der Waals surface area (Å²) in [7, 11) is 0. The highest BCUT2D eigenvalue weighted by Crippen LogP contribution is 2.34. The van der Waals surface area contributed by atoms with Crippen molar-refractivity contribution >= 4 is 5.97 Å². The number of aromatic hydroxyl groups is 1. The molecule has 0 radical (unpaired) electrons. The number of rotatable bonds is 3. The molecular weight excluding hydrogens is 228 g/mol. The number of carboxylic acid groups (broad SMARTS) is 1. The third kappa shape index (κ3) is 3.25. The second-order valence-corrected chi connectivity index (χ2v) is 6.00. The highest BCUT2D eigenvalue weighted by atomic mass is 16.4. The molecule has 2 N–H and O–H groups in total. The number of phenols is 1. The minimum absolute atomic E-state index is 0.155. The van der Waals surface area contributed by atoms with Crippen LogP contribution in [0.15, 0.2) is 12.1 Å².